The molecule has 0 spiro atoms. The van der Waals surface area contributed by atoms with Gasteiger partial charge in [-0.05, 0) is 31.9 Å². The van der Waals surface area contributed by atoms with Crippen LogP contribution >= 0.6 is 0 Å². The monoisotopic (exact) mass is 379 g/mol. The highest BCUT2D eigenvalue weighted by Gasteiger charge is 2.26. The van der Waals surface area contributed by atoms with Crippen LogP contribution in [0.4, 0.5) is 0 Å². The van der Waals surface area contributed by atoms with Crippen LogP contribution in [-0.4, -0.2) is 57.3 Å². The third kappa shape index (κ3) is 4.84. The molecule has 7 nitrogen and oxygen atoms in total. The van der Waals surface area contributed by atoms with Gasteiger partial charge in [-0.2, -0.15) is 0 Å². The van der Waals surface area contributed by atoms with Crippen LogP contribution in [0.5, 0.6) is 17.2 Å². The average Bonchev–Trinajstić information content (AvgIpc) is 2.71. The van der Waals surface area contributed by atoms with E-state index in [2.05, 4.69) is 0 Å². The number of hydrogen-bond acceptors (Lipinski definition) is 6. The maximum Gasteiger partial charge on any atom is 0.342 e. The first-order valence-electron chi connectivity index (χ1n) is 9.32. The molecule has 1 aliphatic rings. The van der Waals surface area contributed by atoms with Gasteiger partial charge in [0.15, 0.2) is 18.1 Å². The van der Waals surface area contributed by atoms with Crippen molar-refractivity contribution in [3.8, 4) is 17.2 Å². The van der Waals surface area contributed by atoms with Gasteiger partial charge >= 0.3 is 5.97 Å². The number of methoxy groups -OCH3 is 3. The number of rotatable bonds is 8. The van der Waals surface area contributed by atoms with Crippen molar-refractivity contribution in [3.63, 3.8) is 0 Å². The SMILES string of the molecule is CCN(C(=O)COC(=O)c1ccc(OC)c(OC)c1OC)C1CCCCC1. The van der Waals surface area contributed by atoms with Crippen molar-refractivity contribution in [1.29, 1.82) is 0 Å². The van der Waals surface area contributed by atoms with Crippen LogP contribution < -0.4 is 14.2 Å². The van der Waals surface area contributed by atoms with Gasteiger partial charge in [-0.1, -0.05) is 19.3 Å². The predicted octanol–water partition coefficient (Wildman–Crippen LogP) is 3.05. The van der Waals surface area contributed by atoms with E-state index in [0.717, 1.165) is 25.7 Å². The molecule has 1 fully saturated rings. The molecular weight excluding hydrogens is 350 g/mol. The van der Waals surface area contributed by atoms with E-state index < -0.39 is 5.97 Å². The molecule has 0 saturated heterocycles. The van der Waals surface area contributed by atoms with Crippen molar-refractivity contribution in [3.05, 3.63) is 17.7 Å². The largest absolute Gasteiger partial charge is 0.493 e. The molecule has 7 heteroatoms. The van der Waals surface area contributed by atoms with Gasteiger partial charge in [-0.25, -0.2) is 4.79 Å². The van der Waals surface area contributed by atoms with E-state index in [4.69, 9.17) is 18.9 Å². The average molecular weight is 379 g/mol. The minimum atomic E-state index is -0.638. The minimum Gasteiger partial charge on any atom is -0.493 e. The topological polar surface area (TPSA) is 74.3 Å². The lowest BCUT2D eigenvalue weighted by atomic mass is 9.94. The predicted molar refractivity (Wildman–Crippen MR) is 101 cm³/mol. The molecule has 0 N–H and O–H groups in total. The van der Waals surface area contributed by atoms with Crippen molar-refractivity contribution < 1.29 is 28.5 Å². The molecule has 0 radical (unpaired) electrons. The number of benzene rings is 1. The van der Waals surface area contributed by atoms with Crippen molar-refractivity contribution in [2.75, 3.05) is 34.5 Å². The molecule has 1 aliphatic carbocycles. The summed E-state index contributed by atoms with van der Waals surface area (Å²) in [6.45, 7) is 2.27. The Hall–Kier alpha value is -2.44. The highest BCUT2D eigenvalue weighted by molar-refractivity contribution is 5.95. The maximum absolute atomic E-state index is 12.6. The Labute approximate surface area is 160 Å². The summed E-state index contributed by atoms with van der Waals surface area (Å²) >= 11 is 0. The molecule has 0 unspecified atom stereocenters. The molecule has 150 valence electrons. The number of nitrogens with zero attached hydrogens (tertiary/aromatic N) is 1. The Morgan fingerprint density at radius 2 is 1.67 bits per heavy atom. The van der Waals surface area contributed by atoms with Gasteiger partial charge in [0, 0.05) is 12.6 Å². The molecule has 0 heterocycles. The maximum atomic E-state index is 12.6. The highest BCUT2D eigenvalue weighted by atomic mass is 16.5. The fourth-order valence-corrected chi connectivity index (χ4v) is 3.58. The first kappa shape index (κ1) is 20.9. The summed E-state index contributed by atoms with van der Waals surface area (Å²) in [7, 11) is 4.39. The van der Waals surface area contributed by atoms with Crippen molar-refractivity contribution in [2.45, 2.75) is 45.1 Å². The molecule has 0 aliphatic heterocycles. The Morgan fingerprint density at radius 3 is 2.22 bits per heavy atom. The zero-order valence-corrected chi connectivity index (χ0v) is 16.6. The molecule has 0 atom stereocenters. The van der Waals surface area contributed by atoms with Crippen molar-refractivity contribution >= 4 is 11.9 Å². The fraction of sp³-hybridized carbons (Fsp3) is 0.600. The lowest BCUT2D eigenvalue weighted by molar-refractivity contribution is -0.137. The summed E-state index contributed by atoms with van der Waals surface area (Å²) in [5.74, 6) is 0.154. The van der Waals surface area contributed by atoms with E-state index in [0.29, 0.717) is 18.0 Å². The van der Waals surface area contributed by atoms with E-state index in [1.54, 1.807) is 6.07 Å². The standard InChI is InChI=1S/C20H29NO6/c1-5-21(14-9-7-6-8-10-14)17(22)13-27-20(23)15-11-12-16(24-2)19(26-4)18(15)25-3/h11-12,14H,5-10,13H2,1-4H3. The number of ether oxygens (including phenoxy) is 4. The second kappa shape index (κ2) is 10.0. The summed E-state index contributed by atoms with van der Waals surface area (Å²) < 4.78 is 21.1. The van der Waals surface area contributed by atoms with Crippen LogP contribution in [0.1, 0.15) is 49.4 Å². The van der Waals surface area contributed by atoms with Gasteiger partial charge in [0.1, 0.15) is 5.56 Å². The van der Waals surface area contributed by atoms with Crippen LogP contribution in [0, 0.1) is 0 Å². The number of carbonyl (C=O) groups excluding carboxylic acids is 2. The summed E-state index contributed by atoms with van der Waals surface area (Å²) in [4.78, 5) is 26.9. The van der Waals surface area contributed by atoms with Crippen molar-refractivity contribution in [1.82, 2.24) is 4.90 Å². The van der Waals surface area contributed by atoms with Gasteiger partial charge in [0.2, 0.25) is 5.75 Å². The molecular formula is C20H29NO6. The van der Waals surface area contributed by atoms with Gasteiger partial charge in [-0.3, -0.25) is 4.79 Å². The number of hydrogen-bond donors (Lipinski definition) is 0. The second-order valence-electron chi connectivity index (χ2n) is 6.43. The molecule has 1 saturated carbocycles. The molecule has 0 bridgehead atoms. The zero-order valence-electron chi connectivity index (χ0n) is 16.6. The first-order chi connectivity index (χ1) is 13.1. The quantitative estimate of drug-likeness (QED) is 0.647. The summed E-state index contributed by atoms with van der Waals surface area (Å²) in [6, 6.07) is 3.37. The van der Waals surface area contributed by atoms with Gasteiger partial charge in [0.25, 0.3) is 5.91 Å². The minimum absolute atomic E-state index is 0.169. The normalized spacial score (nSPS) is 14.4. The van der Waals surface area contributed by atoms with Crippen LogP contribution in [0.2, 0.25) is 0 Å². The van der Waals surface area contributed by atoms with Crippen LogP contribution in [0.15, 0.2) is 12.1 Å². The summed E-state index contributed by atoms with van der Waals surface area (Å²) in [5, 5.41) is 0. The second-order valence-corrected chi connectivity index (χ2v) is 6.43. The number of amides is 1. The fourth-order valence-electron chi connectivity index (χ4n) is 3.58. The highest BCUT2D eigenvalue weighted by Crippen LogP contribution is 2.39. The van der Waals surface area contributed by atoms with E-state index in [1.165, 1.54) is 33.8 Å². The van der Waals surface area contributed by atoms with E-state index in [-0.39, 0.29) is 29.9 Å². The Kier molecular flexibility index (Phi) is 7.76. The number of likely N-dealkylation sites (N-methyl/N-ethyl adjacent to an activating group) is 1. The third-order valence-corrected chi connectivity index (χ3v) is 4.93. The van der Waals surface area contributed by atoms with E-state index in [1.807, 2.05) is 11.8 Å². The number of carbonyl (C=O) groups is 2. The van der Waals surface area contributed by atoms with E-state index in [9.17, 15) is 9.59 Å². The Bertz CT molecular complexity index is 654. The zero-order chi connectivity index (χ0) is 19.8. The Morgan fingerprint density at radius 1 is 1.00 bits per heavy atom. The molecule has 2 rings (SSSR count). The smallest absolute Gasteiger partial charge is 0.342 e. The van der Waals surface area contributed by atoms with Crippen LogP contribution in [-0.2, 0) is 9.53 Å². The first-order valence-corrected chi connectivity index (χ1v) is 9.32. The van der Waals surface area contributed by atoms with Crippen LogP contribution in [0.3, 0.4) is 0 Å². The Balaban J connectivity index is 2.07. The molecule has 1 aromatic carbocycles. The third-order valence-electron chi connectivity index (χ3n) is 4.93. The lowest BCUT2D eigenvalue weighted by Crippen LogP contribution is -2.43. The van der Waals surface area contributed by atoms with Gasteiger partial charge in [-0.15, -0.1) is 0 Å². The van der Waals surface area contributed by atoms with E-state index >= 15 is 0 Å². The molecule has 0 aromatic heterocycles. The van der Waals surface area contributed by atoms with Gasteiger partial charge < -0.3 is 23.8 Å². The summed E-state index contributed by atoms with van der Waals surface area (Å²) in [6.07, 6.45) is 5.51. The summed E-state index contributed by atoms with van der Waals surface area (Å²) in [5.41, 5.74) is 0.184. The van der Waals surface area contributed by atoms with Crippen molar-refractivity contribution in [2.24, 2.45) is 0 Å². The lowest BCUT2D eigenvalue weighted by Gasteiger charge is -2.33. The van der Waals surface area contributed by atoms with Gasteiger partial charge in [0.05, 0.1) is 21.3 Å². The number of esters is 1. The van der Waals surface area contributed by atoms with Crippen LogP contribution in [0.25, 0.3) is 0 Å². The molecule has 1 amide bonds. The molecule has 1 aromatic rings. The molecule has 27 heavy (non-hydrogen) atoms.